The lowest BCUT2D eigenvalue weighted by atomic mass is 10.1. The van der Waals surface area contributed by atoms with Crippen LogP contribution < -0.4 is 37.2 Å². The van der Waals surface area contributed by atoms with Gasteiger partial charge in [-0.05, 0) is 39.0 Å². The number of anilines is 6. The van der Waals surface area contributed by atoms with Crippen molar-refractivity contribution in [3.8, 4) is 17.0 Å². The summed E-state index contributed by atoms with van der Waals surface area (Å²) in [5, 5.41) is 37.2. The Morgan fingerprint density at radius 1 is 0.667 bits per heavy atom. The molecule has 7 rings (SSSR count). The molecule has 6 heterocycles. The van der Waals surface area contributed by atoms with Crippen molar-refractivity contribution in [2.24, 2.45) is 0 Å². The predicted octanol–water partition coefficient (Wildman–Crippen LogP) is 2.77. The van der Waals surface area contributed by atoms with Crippen molar-refractivity contribution in [1.82, 2.24) is 45.7 Å². The van der Waals surface area contributed by atoms with Crippen LogP contribution in [0.25, 0.3) is 11.3 Å². The Bertz CT molecular complexity index is 2030. The number of phenolic OH excluding ortho intramolecular Hbond substituents is 1. The summed E-state index contributed by atoms with van der Waals surface area (Å²) in [6.07, 6.45) is 0. The molecule has 0 spiro atoms. The van der Waals surface area contributed by atoms with E-state index in [2.05, 4.69) is 57.5 Å². The van der Waals surface area contributed by atoms with E-state index in [1.165, 1.54) is 0 Å². The second-order valence-corrected chi connectivity index (χ2v) is 15.0. The standard InChI is InChI=1S/C17H21N5O2.C11H16ClN5O.C9H14ClN5/c1-11-10-21(7-8-22(11)12(2)23)15-9-14(19-20-17(15)18)13-5-3-4-6-16(13)24;1-7-6-16(3-4-17(7)8(2)18)9-5-10(12)14-15-11(9)13;1-6-5-15(3-2-12-6)7-4-8(10)13-14-9(7)11/h3-6,9,11,24H,7-8,10H2,1-2H3,(H2,18,20);5,7H,3-4,6H2,1-2H3,(H2,13,15);4,6,12H,2-3,5H2,1H3,(H2,11,14). The van der Waals surface area contributed by atoms with E-state index in [1.54, 1.807) is 44.2 Å². The van der Waals surface area contributed by atoms with Crippen LogP contribution >= 0.6 is 23.2 Å². The van der Waals surface area contributed by atoms with Crippen molar-refractivity contribution in [3.63, 3.8) is 0 Å². The first-order valence-electron chi connectivity index (χ1n) is 18.6. The molecule has 306 valence electrons. The second-order valence-electron chi connectivity index (χ2n) is 14.2. The first kappa shape index (κ1) is 42.7. The molecule has 1 aromatic carbocycles. The number of phenols is 1. The number of rotatable bonds is 4. The first-order valence-corrected chi connectivity index (χ1v) is 19.4. The van der Waals surface area contributed by atoms with Crippen LogP contribution in [0, 0.1) is 0 Å². The zero-order chi connectivity index (χ0) is 41.4. The van der Waals surface area contributed by atoms with Crippen LogP contribution in [-0.2, 0) is 9.59 Å². The highest BCUT2D eigenvalue weighted by atomic mass is 35.5. The molecule has 18 nitrogen and oxygen atoms in total. The van der Waals surface area contributed by atoms with E-state index < -0.39 is 0 Å². The maximum absolute atomic E-state index is 11.6. The number of nitrogens with one attached hydrogen (secondary N) is 1. The van der Waals surface area contributed by atoms with Crippen LogP contribution in [0.1, 0.15) is 34.6 Å². The minimum atomic E-state index is 0.0814. The Kier molecular flexibility index (Phi) is 14.3. The smallest absolute Gasteiger partial charge is 0.219 e. The summed E-state index contributed by atoms with van der Waals surface area (Å²) in [5.41, 5.74) is 21.2. The van der Waals surface area contributed by atoms with E-state index in [9.17, 15) is 14.7 Å². The Hall–Kier alpha value is -5.46. The summed E-state index contributed by atoms with van der Waals surface area (Å²) in [5.74, 6) is 1.48. The number of nitrogen functional groups attached to an aromatic ring is 3. The SMILES string of the molecule is CC(=O)N1CCN(c2cc(-c3ccccc3O)nnc2N)CC1C.CC(=O)N1CCN(c2cc(Cl)nnc2N)CC1C.CC1CN(c2cc(Cl)nnc2N)CCN1. The number of aromatic hydroxyl groups is 1. The molecular formula is C37H51Cl2N15O3. The molecule has 3 unspecified atom stereocenters. The fourth-order valence-electron chi connectivity index (χ4n) is 7.15. The molecule has 4 aromatic rings. The molecule has 3 fully saturated rings. The molecule has 3 aromatic heterocycles. The van der Waals surface area contributed by atoms with Gasteiger partial charge in [-0.15, -0.1) is 30.6 Å². The van der Waals surface area contributed by atoms with Crippen molar-refractivity contribution in [2.75, 3.05) is 90.8 Å². The summed E-state index contributed by atoms with van der Waals surface area (Å²) in [6, 6.07) is 13.0. The summed E-state index contributed by atoms with van der Waals surface area (Å²) in [4.78, 5) is 33.1. The largest absolute Gasteiger partial charge is 0.507 e. The molecule has 57 heavy (non-hydrogen) atoms. The summed E-state index contributed by atoms with van der Waals surface area (Å²) >= 11 is 11.6. The maximum atomic E-state index is 11.6. The number of carbonyl (C=O) groups is 2. The highest BCUT2D eigenvalue weighted by Gasteiger charge is 2.28. The number of nitrogens with zero attached hydrogens (tertiary/aromatic N) is 11. The lowest BCUT2D eigenvalue weighted by Crippen LogP contribution is -2.53. The van der Waals surface area contributed by atoms with Gasteiger partial charge in [0.05, 0.1) is 22.8 Å². The van der Waals surface area contributed by atoms with E-state index in [4.69, 9.17) is 40.4 Å². The molecule has 0 bridgehead atoms. The Morgan fingerprint density at radius 2 is 1.12 bits per heavy atom. The monoisotopic (exact) mass is 823 g/mol. The lowest BCUT2D eigenvalue weighted by molar-refractivity contribution is -0.132. The molecule has 0 aliphatic carbocycles. The van der Waals surface area contributed by atoms with Gasteiger partial charge in [0.15, 0.2) is 27.8 Å². The molecule has 3 aliphatic heterocycles. The average Bonchev–Trinajstić information content (AvgIpc) is 3.17. The quantitative estimate of drug-likeness (QED) is 0.199. The number of benzene rings is 1. The van der Waals surface area contributed by atoms with Gasteiger partial charge in [-0.2, -0.15) is 0 Å². The fraction of sp³-hybridized carbons (Fsp3) is 0.459. The van der Waals surface area contributed by atoms with Crippen LogP contribution in [0.2, 0.25) is 10.3 Å². The normalized spacial score (nSPS) is 19.6. The third-order valence-electron chi connectivity index (χ3n) is 9.98. The summed E-state index contributed by atoms with van der Waals surface area (Å²) in [7, 11) is 0. The first-order chi connectivity index (χ1) is 27.1. The van der Waals surface area contributed by atoms with Crippen LogP contribution in [0.4, 0.5) is 34.5 Å². The van der Waals surface area contributed by atoms with Gasteiger partial charge in [0.25, 0.3) is 0 Å². The van der Waals surface area contributed by atoms with Gasteiger partial charge in [-0.1, -0.05) is 35.3 Å². The van der Waals surface area contributed by atoms with Crippen LogP contribution in [-0.4, -0.2) is 134 Å². The average molecular weight is 825 g/mol. The summed E-state index contributed by atoms with van der Waals surface area (Å²) < 4.78 is 0. The molecule has 3 saturated heterocycles. The van der Waals surface area contributed by atoms with E-state index in [0.29, 0.717) is 77.8 Å². The van der Waals surface area contributed by atoms with Gasteiger partial charge in [0.2, 0.25) is 11.8 Å². The number of piperazine rings is 3. The maximum Gasteiger partial charge on any atom is 0.219 e. The van der Waals surface area contributed by atoms with Gasteiger partial charge in [-0.3, -0.25) is 9.59 Å². The van der Waals surface area contributed by atoms with Gasteiger partial charge >= 0.3 is 0 Å². The molecule has 0 saturated carbocycles. The number of hydrogen-bond acceptors (Lipinski definition) is 16. The minimum absolute atomic E-state index is 0.0814. The zero-order valence-corrected chi connectivity index (χ0v) is 34.3. The fourth-order valence-corrected chi connectivity index (χ4v) is 7.43. The van der Waals surface area contributed by atoms with E-state index in [0.717, 1.165) is 43.2 Å². The van der Waals surface area contributed by atoms with Crippen LogP contribution in [0.3, 0.4) is 0 Å². The van der Waals surface area contributed by atoms with E-state index in [-0.39, 0.29) is 29.6 Å². The molecule has 8 N–H and O–H groups in total. The molecule has 3 aliphatic rings. The van der Waals surface area contributed by atoms with E-state index in [1.807, 2.05) is 35.8 Å². The third kappa shape index (κ3) is 10.9. The van der Waals surface area contributed by atoms with Crippen molar-refractivity contribution in [2.45, 2.75) is 52.7 Å². The highest BCUT2D eigenvalue weighted by Crippen LogP contribution is 2.32. The Balaban J connectivity index is 0.000000168. The van der Waals surface area contributed by atoms with Crippen molar-refractivity contribution in [3.05, 3.63) is 52.8 Å². The van der Waals surface area contributed by atoms with Gasteiger partial charge < -0.3 is 52.1 Å². The van der Waals surface area contributed by atoms with Crippen LogP contribution in [0.15, 0.2) is 42.5 Å². The van der Waals surface area contributed by atoms with Crippen molar-refractivity contribution in [1.29, 1.82) is 0 Å². The summed E-state index contributed by atoms with van der Waals surface area (Å²) in [6.45, 7) is 16.2. The molecular weight excluding hydrogens is 773 g/mol. The van der Waals surface area contributed by atoms with E-state index >= 15 is 0 Å². The minimum Gasteiger partial charge on any atom is -0.507 e. The number of amides is 2. The number of nitrogens with two attached hydrogens (primary N) is 3. The second kappa shape index (κ2) is 19.1. The van der Waals surface area contributed by atoms with Crippen molar-refractivity contribution < 1.29 is 14.7 Å². The zero-order valence-electron chi connectivity index (χ0n) is 32.8. The molecule has 20 heteroatoms. The highest BCUT2D eigenvalue weighted by molar-refractivity contribution is 6.30. The topological polar surface area (TPSA) is 238 Å². The molecule has 2 amide bonds. The lowest BCUT2D eigenvalue weighted by Gasteiger charge is -2.40. The number of hydrogen-bond donors (Lipinski definition) is 5. The number of para-hydroxylation sites is 1. The Labute approximate surface area is 342 Å². The Morgan fingerprint density at radius 3 is 1.58 bits per heavy atom. The predicted molar refractivity (Wildman–Crippen MR) is 224 cm³/mol. The van der Waals surface area contributed by atoms with Crippen molar-refractivity contribution >= 4 is 69.5 Å². The molecule has 0 radical (unpaired) electrons. The third-order valence-corrected chi connectivity index (χ3v) is 10.3. The van der Waals surface area contributed by atoms with Crippen LogP contribution in [0.5, 0.6) is 5.75 Å². The molecule has 3 atom stereocenters. The number of aromatic nitrogens is 6. The van der Waals surface area contributed by atoms with Gasteiger partial charge in [-0.25, -0.2) is 0 Å². The number of carbonyl (C=O) groups excluding carboxylic acids is 2. The van der Waals surface area contributed by atoms with Gasteiger partial charge in [0.1, 0.15) is 5.75 Å². The van der Waals surface area contributed by atoms with Gasteiger partial charge in [0, 0.05) is 109 Å². The number of halogens is 2.